The average Bonchev–Trinajstić information content (AvgIpc) is 2.82. The second-order valence-electron chi connectivity index (χ2n) is 7.41. The molecule has 1 N–H and O–H groups in total. The van der Waals surface area contributed by atoms with Crippen LogP contribution >= 0.6 is 11.6 Å². The first kappa shape index (κ1) is 19.9. The molecule has 0 bridgehead atoms. The molecule has 154 valence electrons. The Kier molecular flexibility index (Phi) is 5.13. The Labute approximate surface area is 188 Å². The van der Waals surface area contributed by atoms with Crippen LogP contribution in [-0.2, 0) is 0 Å². The lowest BCUT2D eigenvalue weighted by Gasteiger charge is -2.11. The summed E-state index contributed by atoms with van der Waals surface area (Å²) in [6.07, 6.45) is 4.89. The fourth-order valence-corrected chi connectivity index (χ4v) is 4.03. The number of benzene rings is 3. The number of fused-ring (bicyclic) bond motifs is 2. The molecule has 0 unspecified atom stereocenters. The lowest BCUT2D eigenvalue weighted by Crippen LogP contribution is -2.18. The van der Waals surface area contributed by atoms with E-state index < -0.39 is 5.56 Å². The topological polar surface area (TPSA) is 62.8 Å². The molecular formula is C27H17ClN2O2. The standard InChI is InChI=1S/C27H17ClN2O2/c28-20-10-12-23-21(16-20)25(18-5-2-1-3-6-18)26(27(32)30-23)24(31)13-9-17-8-11-22-19(15-17)7-4-14-29-22/h1-16H,(H,30,32). The van der Waals surface area contributed by atoms with Gasteiger partial charge in [-0.3, -0.25) is 14.6 Å². The molecule has 0 atom stereocenters. The Balaban J connectivity index is 1.65. The predicted molar refractivity (Wildman–Crippen MR) is 130 cm³/mol. The smallest absolute Gasteiger partial charge is 0.260 e. The number of carbonyl (C=O) groups excluding carboxylic acids is 1. The zero-order chi connectivity index (χ0) is 22.1. The van der Waals surface area contributed by atoms with Gasteiger partial charge < -0.3 is 4.98 Å². The van der Waals surface area contributed by atoms with Crippen LogP contribution in [0.3, 0.4) is 0 Å². The number of H-pyrrole nitrogens is 1. The van der Waals surface area contributed by atoms with Crippen LogP contribution in [0.15, 0.2) is 95.9 Å². The number of allylic oxidation sites excluding steroid dienone is 1. The van der Waals surface area contributed by atoms with Gasteiger partial charge in [-0.05, 0) is 53.6 Å². The number of hydrogen-bond donors (Lipinski definition) is 1. The molecule has 5 heteroatoms. The summed E-state index contributed by atoms with van der Waals surface area (Å²) in [5.41, 5.74) is 3.36. The van der Waals surface area contributed by atoms with Gasteiger partial charge in [-0.2, -0.15) is 0 Å². The Morgan fingerprint density at radius 2 is 1.78 bits per heavy atom. The maximum absolute atomic E-state index is 13.3. The number of carbonyl (C=O) groups is 1. The predicted octanol–water partition coefficient (Wildman–Crippen LogP) is 6.29. The molecule has 4 nitrogen and oxygen atoms in total. The molecule has 0 aliphatic heterocycles. The van der Waals surface area contributed by atoms with E-state index in [1.165, 1.54) is 6.08 Å². The normalized spacial score (nSPS) is 11.4. The maximum Gasteiger partial charge on any atom is 0.260 e. The highest BCUT2D eigenvalue weighted by atomic mass is 35.5. The molecule has 0 spiro atoms. The molecule has 0 radical (unpaired) electrons. The summed E-state index contributed by atoms with van der Waals surface area (Å²) in [6.45, 7) is 0. The van der Waals surface area contributed by atoms with Crippen molar-refractivity contribution in [1.29, 1.82) is 0 Å². The molecule has 0 amide bonds. The summed E-state index contributed by atoms with van der Waals surface area (Å²) >= 11 is 6.24. The van der Waals surface area contributed by atoms with Gasteiger partial charge in [-0.1, -0.05) is 60.1 Å². The molecular weight excluding hydrogens is 420 g/mol. The van der Waals surface area contributed by atoms with E-state index in [0.717, 1.165) is 27.4 Å². The van der Waals surface area contributed by atoms with E-state index in [1.807, 2.05) is 60.7 Å². The molecule has 32 heavy (non-hydrogen) atoms. The van der Waals surface area contributed by atoms with Gasteiger partial charge in [0.05, 0.1) is 11.1 Å². The van der Waals surface area contributed by atoms with Crippen molar-refractivity contribution in [3.05, 3.63) is 118 Å². The number of hydrogen-bond acceptors (Lipinski definition) is 3. The second-order valence-corrected chi connectivity index (χ2v) is 7.85. The third-order valence-corrected chi connectivity index (χ3v) is 5.57. The van der Waals surface area contributed by atoms with Crippen LogP contribution in [0, 0.1) is 0 Å². The minimum absolute atomic E-state index is 0.0877. The third-order valence-electron chi connectivity index (χ3n) is 5.34. The van der Waals surface area contributed by atoms with Crippen molar-refractivity contribution >= 4 is 45.3 Å². The number of halogens is 1. The molecule has 5 aromatic rings. The van der Waals surface area contributed by atoms with E-state index in [-0.39, 0.29) is 11.3 Å². The quantitative estimate of drug-likeness (QED) is 0.266. The van der Waals surface area contributed by atoms with Crippen molar-refractivity contribution in [1.82, 2.24) is 9.97 Å². The molecule has 0 saturated heterocycles. The fourth-order valence-electron chi connectivity index (χ4n) is 3.86. The number of ketones is 1. The van der Waals surface area contributed by atoms with Crippen molar-refractivity contribution < 1.29 is 4.79 Å². The van der Waals surface area contributed by atoms with E-state index in [0.29, 0.717) is 16.1 Å². The van der Waals surface area contributed by atoms with Crippen molar-refractivity contribution in [3.63, 3.8) is 0 Å². The van der Waals surface area contributed by atoms with Crippen molar-refractivity contribution in [3.8, 4) is 11.1 Å². The summed E-state index contributed by atoms with van der Waals surface area (Å²) in [6, 6.07) is 24.2. The highest BCUT2D eigenvalue weighted by Gasteiger charge is 2.19. The van der Waals surface area contributed by atoms with Gasteiger partial charge in [-0.15, -0.1) is 0 Å². The van der Waals surface area contributed by atoms with Gasteiger partial charge in [0.2, 0.25) is 0 Å². The van der Waals surface area contributed by atoms with Gasteiger partial charge in [0, 0.05) is 33.1 Å². The number of aromatic amines is 1. The second kappa shape index (κ2) is 8.25. The van der Waals surface area contributed by atoms with Gasteiger partial charge >= 0.3 is 0 Å². The van der Waals surface area contributed by atoms with Crippen molar-refractivity contribution in [2.45, 2.75) is 0 Å². The first-order valence-electron chi connectivity index (χ1n) is 10.1. The summed E-state index contributed by atoms with van der Waals surface area (Å²) in [4.78, 5) is 33.4. The van der Waals surface area contributed by atoms with Crippen molar-refractivity contribution in [2.24, 2.45) is 0 Å². The molecule has 0 aliphatic rings. The Bertz CT molecular complexity index is 1570. The number of rotatable bonds is 4. The summed E-state index contributed by atoms with van der Waals surface area (Å²) < 4.78 is 0. The molecule has 2 heterocycles. The van der Waals surface area contributed by atoms with Gasteiger partial charge in [0.25, 0.3) is 5.56 Å². The molecule has 0 fully saturated rings. The largest absolute Gasteiger partial charge is 0.321 e. The SMILES string of the molecule is O=C(C=Cc1ccc2ncccc2c1)c1c(-c2ccccc2)c2cc(Cl)ccc2[nH]c1=O. The van der Waals surface area contributed by atoms with Gasteiger partial charge in [0.1, 0.15) is 0 Å². The van der Waals surface area contributed by atoms with Crippen molar-refractivity contribution in [2.75, 3.05) is 0 Å². The van der Waals surface area contributed by atoms with E-state index in [2.05, 4.69) is 9.97 Å². The van der Waals surface area contributed by atoms with Gasteiger partial charge in [-0.25, -0.2) is 0 Å². The first-order valence-corrected chi connectivity index (χ1v) is 10.5. The maximum atomic E-state index is 13.3. The minimum atomic E-state index is -0.434. The van der Waals surface area contributed by atoms with E-state index in [9.17, 15) is 9.59 Å². The first-order chi connectivity index (χ1) is 15.6. The molecule has 3 aromatic carbocycles. The van der Waals surface area contributed by atoms with Crippen LogP contribution in [0.4, 0.5) is 0 Å². The van der Waals surface area contributed by atoms with E-state index in [1.54, 1.807) is 30.5 Å². The number of pyridine rings is 2. The minimum Gasteiger partial charge on any atom is -0.321 e. The molecule has 2 aromatic heterocycles. The van der Waals surface area contributed by atoms with Crippen LogP contribution in [0.2, 0.25) is 5.02 Å². The summed E-state index contributed by atoms with van der Waals surface area (Å²) in [7, 11) is 0. The lowest BCUT2D eigenvalue weighted by atomic mass is 9.94. The van der Waals surface area contributed by atoms with Crippen LogP contribution < -0.4 is 5.56 Å². The molecule has 0 aliphatic carbocycles. The summed E-state index contributed by atoms with van der Waals surface area (Å²) in [5.74, 6) is -0.377. The van der Waals surface area contributed by atoms with Crippen LogP contribution in [0.25, 0.3) is 39.0 Å². The van der Waals surface area contributed by atoms with Crippen LogP contribution in [0.5, 0.6) is 0 Å². The monoisotopic (exact) mass is 436 g/mol. The number of nitrogens with one attached hydrogen (secondary N) is 1. The zero-order valence-electron chi connectivity index (χ0n) is 16.9. The third kappa shape index (κ3) is 3.72. The molecule has 5 rings (SSSR count). The zero-order valence-corrected chi connectivity index (χ0v) is 17.6. The number of aromatic nitrogens is 2. The van der Waals surface area contributed by atoms with Crippen LogP contribution in [0.1, 0.15) is 15.9 Å². The van der Waals surface area contributed by atoms with Gasteiger partial charge in [0.15, 0.2) is 5.78 Å². The van der Waals surface area contributed by atoms with Crippen LogP contribution in [-0.4, -0.2) is 15.8 Å². The average molecular weight is 437 g/mol. The Hall–Kier alpha value is -4.02. The van der Waals surface area contributed by atoms with E-state index in [4.69, 9.17) is 11.6 Å². The Morgan fingerprint density at radius 1 is 0.938 bits per heavy atom. The highest BCUT2D eigenvalue weighted by Crippen LogP contribution is 2.31. The summed E-state index contributed by atoms with van der Waals surface area (Å²) in [5, 5.41) is 2.22. The highest BCUT2D eigenvalue weighted by molar-refractivity contribution is 6.31. The molecule has 0 saturated carbocycles. The lowest BCUT2D eigenvalue weighted by molar-refractivity contribution is 0.104. The number of nitrogens with zero attached hydrogens (tertiary/aromatic N) is 1. The Morgan fingerprint density at radius 3 is 2.62 bits per heavy atom. The fraction of sp³-hybridized carbons (Fsp3) is 0. The van der Waals surface area contributed by atoms with E-state index >= 15 is 0 Å².